The van der Waals surface area contributed by atoms with E-state index in [2.05, 4.69) is 22.0 Å². The van der Waals surface area contributed by atoms with Crippen molar-refractivity contribution in [2.75, 3.05) is 11.9 Å². The topological polar surface area (TPSA) is 65.7 Å². The van der Waals surface area contributed by atoms with Crippen LogP contribution in [0.4, 0.5) is 11.5 Å². The maximum absolute atomic E-state index is 9.17. The zero-order valence-electron chi connectivity index (χ0n) is 14.0. The molecule has 0 saturated carbocycles. The lowest BCUT2D eigenvalue weighted by atomic mass is 9.94. The first-order valence-electron chi connectivity index (χ1n) is 8.25. The highest BCUT2D eigenvalue weighted by Gasteiger charge is 2.29. The predicted molar refractivity (Wildman–Crippen MR) is 101 cm³/mol. The van der Waals surface area contributed by atoms with Crippen molar-refractivity contribution in [3.63, 3.8) is 0 Å². The van der Waals surface area contributed by atoms with Crippen molar-refractivity contribution in [1.29, 1.82) is 5.26 Å². The average molecular weight is 335 g/mol. The Balaban J connectivity index is 1.71. The minimum atomic E-state index is 0.653. The number of anilines is 2. The molecule has 5 nitrogen and oxygen atoms in total. The number of hydrogen-bond acceptors (Lipinski definition) is 5. The molecule has 4 aromatic rings. The van der Waals surface area contributed by atoms with E-state index in [0.717, 1.165) is 39.1 Å². The van der Waals surface area contributed by atoms with E-state index in [9.17, 15) is 0 Å². The lowest BCUT2D eigenvalue weighted by Gasteiger charge is -2.33. The van der Waals surface area contributed by atoms with E-state index in [0.29, 0.717) is 11.4 Å². The van der Waals surface area contributed by atoms with Crippen LogP contribution in [0.1, 0.15) is 5.56 Å². The summed E-state index contributed by atoms with van der Waals surface area (Å²) >= 11 is 0. The van der Waals surface area contributed by atoms with Gasteiger partial charge < -0.3 is 4.90 Å². The fraction of sp³-hybridized carbons (Fsp3) is 0.0476. The van der Waals surface area contributed by atoms with Crippen molar-refractivity contribution in [2.24, 2.45) is 0 Å². The third-order valence-corrected chi connectivity index (χ3v) is 4.69. The van der Waals surface area contributed by atoms with Crippen LogP contribution in [0.2, 0.25) is 0 Å². The van der Waals surface area contributed by atoms with E-state index in [1.165, 1.54) is 0 Å². The van der Waals surface area contributed by atoms with Crippen molar-refractivity contribution < 1.29 is 0 Å². The Morgan fingerprint density at radius 3 is 2.69 bits per heavy atom. The lowest BCUT2D eigenvalue weighted by molar-refractivity contribution is 1.08. The first-order chi connectivity index (χ1) is 12.8. The molecule has 5 rings (SSSR count). The van der Waals surface area contributed by atoms with Crippen LogP contribution >= 0.6 is 0 Å². The van der Waals surface area contributed by atoms with Gasteiger partial charge in [0.15, 0.2) is 5.82 Å². The zero-order chi connectivity index (χ0) is 17.7. The number of nitrogens with zero attached hydrogens (tertiary/aromatic N) is 5. The van der Waals surface area contributed by atoms with Crippen molar-refractivity contribution >= 4 is 22.4 Å². The molecule has 0 aliphatic carbocycles. The molecule has 3 heterocycles. The van der Waals surface area contributed by atoms with Gasteiger partial charge in [-0.1, -0.05) is 18.2 Å². The second-order valence-corrected chi connectivity index (χ2v) is 6.22. The molecule has 2 aromatic heterocycles. The summed E-state index contributed by atoms with van der Waals surface area (Å²) in [5.41, 5.74) is 5.68. The van der Waals surface area contributed by atoms with Gasteiger partial charge in [0, 0.05) is 30.6 Å². The molecule has 1 aliphatic heterocycles. The molecule has 26 heavy (non-hydrogen) atoms. The van der Waals surface area contributed by atoms with E-state index >= 15 is 0 Å². The van der Waals surface area contributed by atoms with E-state index < -0.39 is 0 Å². The van der Waals surface area contributed by atoms with Gasteiger partial charge in [0.25, 0.3) is 0 Å². The Kier molecular flexibility index (Phi) is 3.00. The van der Waals surface area contributed by atoms with Crippen LogP contribution in [-0.4, -0.2) is 22.0 Å². The normalized spacial score (nSPS) is 11.9. The summed E-state index contributed by atoms with van der Waals surface area (Å²) < 4.78 is 0. The van der Waals surface area contributed by atoms with Crippen LogP contribution in [-0.2, 0) is 0 Å². The molecule has 0 bridgehead atoms. The maximum Gasteiger partial charge on any atom is 0.163 e. The summed E-state index contributed by atoms with van der Waals surface area (Å²) in [6.45, 7) is 0. The van der Waals surface area contributed by atoms with Gasteiger partial charge in [0.1, 0.15) is 5.82 Å². The minimum absolute atomic E-state index is 0.653. The van der Waals surface area contributed by atoms with E-state index in [4.69, 9.17) is 15.2 Å². The van der Waals surface area contributed by atoms with E-state index in [-0.39, 0.29) is 0 Å². The van der Waals surface area contributed by atoms with Crippen LogP contribution in [0.25, 0.3) is 33.4 Å². The highest BCUT2D eigenvalue weighted by Crippen LogP contribution is 2.50. The molecule has 0 N–H and O–H groups in total. The zero-order valence-corrected chi connectivity index (χ0v) is 14.0. The quantitative estimate of drug-likeness (QED) is 0.546. The first-order valence-corrected chi connectivity index (χ1v) is 8.25. The van der Waals surface area contributed by atoms with Gasteiger partial charge in [0.05, 0.1) is 28.2 Å². The molecule has 5 heteroatoms. The molecule has 1 aliphatic rings. The molecular weight excluding hydrogens is 322 g/mol. The summed E-state index contributed by atoms with van der Waals surface area (Å²) in [7, 11) is 2.01. The Hall–Kier alpha value is -3.78. The second-order valence-electron chi connectivity index (χ2n) is 6.22. The average Bonchev–Trinajstić information content (AvgIpc) is 2.72. The van der Waals surface area contributed by atoms with Crippen LogP contribution in [0.3, 0.4) is 0 Å². The monoisotopic (exact) mass is 335 g/mol. The smallest absolute Gasteiger partial charge is 0.163 e. The van der Waals surface area contributed by atoms with Gasteiger partial charge >= 0.3 is 0 Å². The van der Waals surface area contributed by atoms with Crippen LogP contribution < -0.4 is 4.90 Å². The molecule has 0 atom stereocenters. The van der Waals surface area contributed by atoms with Gasteiger partial charge in [-0.15, -0.1) is 0 Å². The minimum Gasteiger partial charge on any atom is -0.328 e. The summed E-state index contributed by atoms with van der Waals surface area (Å²) in [4.78, 5) is 15.7. The Bertz CT molecular complexity index is 1210. The van der Waals surface area contributed by atoms with Crippen LogP contribution in [0, 0.1) is 11.3 Å². The molecule has 0 radical (unpaired) electrons. The molecule has 0 amide bonds. The maximum atomic E-state index is 9.17. The van der Waals surface area contributed by atoms with Gasteiger partial charge in [0.2, 0.25) is 0 Å². The number of pyridine rings is 1. The molecule has 0 saturated heterocycles. The Labute approximate surface area is 150 Å². The van der Waals surface area contributed by atoms with Gasteiger partial charge in [-0.05, 0) is 35.9 Å². The van der Waals surface area contributed by atoms with Crippen LogP contribution in [0.15, 0.2) is 60.9 Å². The predicted octanol–water partition coefficient (Wildman–Crippen LogP) is 4.31. The second kappa shape index (κ2) is 5.36. The highest BCUT2D eigenvalue weighted by atomic mass is 15.2. The van der Waals surface area contributed by atoms with E-state index in [1.54, 1.807) is 12.4 Å². The number of nitriles is 1. The molecule has 122 valence electrons. The fourth-order valence-electron chi connectivity index (χ4n) is 3.45. The third kappa shape index (κ3) is 1.99. The molecule has 0 unspecified atom stereocenters. The number of benzene rings is 2. The largest absolute Gasteiger partial charge is 0.328 e. The standard InChI is InChI=1S/C21H13N5/c1-26-19-16(14-5-2-4-13(10-14)11-22)7-8-17-18(19)21(26)25-20(24-17)15-6-3-9-23-12-15/h2-10,12H,1H3. The number of hydrogen-bond donors (Lipinski definition) is 0. The molecule has 2 aromatic carbocycles. The highest BCUT2D eigenvalue weighted by molar-refractivity contribution is 6.15. The molecule has 0 spiro atoms. The van der Waals surface area contributed by atoms with Crippen LogP contribution in [0.5, 0.6) is 0 Å². The number of rotatable bonds is 2. The Morgan fingerprint density at radius 2 is 1.88 bits per heavy atom. The summed E-state index contributed by atoms with van der Waals surface area (Å²) in [6.07, 6.45) is 3.51. The Morgan fingerprint density at radius 1 is 1.00 bits per heavy atom. The SMILES string of the molecule is CN1c2nc(-c3cccnc3)nc3ccc(-c4cccc(C#N)c4)c1c23. The molecular formula is C21H13N5. The summed E-state index contributed by atoms with van der Waals surface area (Å²) in [5.74, 6) is 1.60. The van der Waals surface area contributed by atoms with Crippen molar-refractivity contribution in [3.8, 4) is 28.6 Å². The molecule has 0 fully saturated rings. The summed E-state index contributed by atoms with van der Waals surface area (Å²) in [6, 6.07) is 17.8. The lowest BCUT2D eigenvalue weighted by Crippen LogP contribution is -2.22. The van der Waals surface area contributed by atoms with Gasteiger partial charge in [-0.2, -0.15) is 5.26 Å². The van der Waals surface area contributed by atoms with Gasteiger partial charge in [-0.3, -0.25) is 4.98 Å². The summed E-state index contributed by atoms with van der Waals surface area (Å²) in [5, 5.41) is 10.2. The first kappa shape index (κ1) is 14.6. The van der Waals surface area contributed by atoms with Crippen molar-refractivity contribution in [1.82, 2.24) is 15.0 Å². The number of aromatic nitrogens is 3. The van der Waals surface area contributed by atoms with Crippen molar-refractivity contribution in [2.45, 2.75) is 0 Å². The van der Waals surface area contributed by atoms with Gasteiger partial charge in [-0.25, -0.2) is 9.97 Å². The van der Waals surface area contributed by atoms with E-state index in [1.807, 2.05) is 49.5 Å². The third-order valence-electron chi connectivity index (χ3n) is 4.69. The van der Waals surface area contributed by atoms with Crippen molar-refractivity contribution in [3.05, 3.63) is 66.5 Å². The fourth-order valence-corrected chi connectivity index (χ4v) is 3.45.